The molecular formula is C11H7F3O4-2. The Labute approximate surface area is 99.7 Å². The van der Waals surface area contributed by atoms with Gasteiger partial charge in [-0.25, -0.2) is 0 Å². The third kappa shape index (κ3) is 2.29. The zero-order valence-corrected chi connectivity index (χ0v) is 8.86. The summed E-state index contributed by atoms with van der Waals surface area (Å²) in [6.45, 7) is 0. The molecule has 4 nitrogen and oxygen atoms in total. The van der Waals surface area contributed by atoms with Crippen molar-refractivity contribution in [3.05, 3.63) is 35.9 Å². The Hall–Kier alpha value is -2.05. The summed E-state index contributed by atoms with van der Waals surface area (Å²) in [4.78, 5) is 21.3. The van der Waals surface area contributed by atoms with E-state index in [0.29, 0.717) is 0 Å². The molecule has 0 aromatic heterocycles. The number of benzene rings is 1. The zero-order valence-electron chi connectivity index (χ0n) is 8.86. The first kappa shape index (κ1) is 14.0. The molecule has 0 N–H and O–H groups in total. The average Bonchev–Trinajstić information content (AvgIpc) is 2.24. The summed E-state index contributed by atoms with van der Waals surface area (Å²) in [5.41, 5.74) is -4.14. The fourth-order valence-corrected chi connectivity index (χ4v) is 1.46. The van der Waals surface area contributed by atoms with Crippen LogP contribution < -0.4 is 10.2 Å². The van der Waals surface area contributed by atoms with Crippen molar-refractivity contribution in [2.24, 2.45) is 5.41 Å². The second-order valence-electron chi connectivity index (χ2n) is 3.64. The van der Waals surface area contributed by atoms with Gasteiger partial charge in [-0.2, -0.15) is 13.2 Å². The van der Waals surface area contributed by atoms with E-state index in [0.717, 1.165) is 0 Å². The molecule has 0 unspecified atom stereocenters. The fraction of sp³-hybridized carbons (Fsp3) is 0.273. The van der Waals surface area contributed by atoms with Gasteiger partial charge in [-0.15, -0.1) is 0 Å². The highest BCUT2D eigenvalue weighted by molar-refractivity contribution is 5.97. The molecule has 0 aliphatic rings. The lowest BCUT2D eigenvalue weighted by Crippen LogP contribution is -2.62. The van der Waals surface area contributed by atoms with Gasteiger partial charge in [0.15, 0.2) is 0 Å². The van der Waals surface area contributed by atoms with Crippen LogP contribution in [0.25, 0.3) is 0 Å². The Morgan fingerprint density at radius 2 is 1.44 bits per heavy atom. The summed E-state index contributed by atoms with van der Waals surface area (Å²) in [6.07, 6.45) is -6.79. The molecule has 1 aromatic carbocycles. The first-order valence-electron chi connectivity index (χ1n) is 4.75. The van der Waals surface area contributed by atoms with E-state index in [9.17, 15) is 33.0 Å². The van der Waals surface area contributed by atoms with E-state index in [4.69, 9.17) is 0 Å². The molecule has 0 spiro atoms. The topological polar surface area (TPSA) is 80.3 Å². The van der Waals surface area contributed by atoms with Gasteiger partial charge >= 0.3 is 6.18 Å². The molecule has 1 aromatic rings. The van der Waals surface area contributed by atoms with Crippen LogP contribution in [0.5, 0.6) is 0 Å². The van der Waals surface area contributed by atoms with E-state index < -0.39 is 30.0 Å². The quantitative estimate of drug-likeness (QED) is 0.669. The van der Waals surface area contributed by atoms with E-state index in [1.54, 1.807) is 0 Å². The van der Waals surface area contributed by atoms with E-state index in [2.05, 4.69) is 0 Å². The molecule has 0 atom stereocenters. The number of carbonyl (C=O) groups excluding carboxylic acids is 2. The van der Waals surface area contributed by atoms with Gasteiger partial charge in [-0.3, -0.25) is 0 Å². The molecule has 0 heterocycles. The standard InChI is InChI=1S/C11H9F3O4/c12-11(13,14)10(8(15)16,9(17)18)6-7-4-2-1-3-5-7/h1-5H,6H2,(H,15,16)(H,17,18)/p-2. The SMILES string of the molecule is O=C([O-])C(Cc1ccccc1)(C(=O)[O-])C(F)(F)F. The Morgan fingerprint density at radius 1 is 1.00 bits per heavy atom. The predicted molar refractivity (Wildman–Crippen MR) is 48.6 cm³/mol. The summed E-state index contributed by atoms with van der Waals surface area (Å²) in [5.74, 6) is -5.47. The molecule has 0 saturated carbocycles. The lowest BCUT2D eigenvalue weighted by molar-refractivity contribution is -0.369. The second-order valence-corrected chi connectivity index (χ2v) is 3.64. The predicted octanol–water partition coefficient (Wildman–Crippen LogP) is -0.722. The van der Waals surface area contributed by atoms with Gasteiger partial charge in [0, 0.05) is 0 Å². The Balaban J connectivity index is 3.29. The fourth-order valence-electron chi connectivity index (χ4n) is 1.46. The average molecular weight is 260 g/mol. The Bertz CT molecular complexity index is 439. The molecule has 1 rings (SSSR count). The zero-order chi connectivity index (χ0) is 14.0. The van der Waals surface area contributed by atoms with Crippen LogP contribution in [-0.4, -0.2) is 18.1 Å². The van der Waals surface area contributed by atoms with Gasteiger partial charge in [0.05, 0.1) is 11.9 Å². The van der Waals surface area contributed by atoms with Crippen molar-refractivity contribution >= 4 is 11.9 Å². The summed E-state index contributed by atoms with van der Waals surface area (Å²) < 4.78 is 38.2. The molecule has 98 valence electrons. The van der Waals surface area contributed by atoms with Gasteiger partial charge in [0.2, 0.25) is 0 Å². The van der Waals surface area contributed by atoms with Crippen LogP contribution >= 0.6 is 0 Å². The maximum atomic E-state index is 12.7. The molecule has 18 heavy (non-hydrogen) atoms. The number of alkyl halides is 3. The minimum atomic E-state index is -5.51. The van der Waals surface area contributed by atoms with Gasteiger partial charge in [-0.05, 0) is 12.0 Å². The highest BCUT2D eigenvalue weighted by Crippen LogP contribution is 2.40. The van der Waals surface area contributed by atoms with Crippen LogP contribution in [-0.2, 0) is 16.0 Å². The lowest BCUT2D eigenvalue weighted by atomic mass is 9.81. The number of hydrogen-bond donors (Lipinski definition) is 0. The van der Waals surface area contributed by atoms with Crippen molar-refractivity contribution < 1.29 is 33.0 Å². The molecule has 0 aliphatic heterocycles. The summed E-state index contributed by atoms with van der Waals surface area (Å²) in [6, 6.07) is 6.59. The van der Waals surface area contributed by atoms with Crippen molar-refractivity contribution in [3.63, 3.8) is 0 Å². The van der Waals surface area contributed by atoms with Crippen molar-refractivity contribution in [2.75, 3.05) is 0 Å². The number of hydrogen-bond acceptors (Lipinski definition) is 4. The van der Waals surface area contributed by atoms with Crippen LogP contribution in [0, 0.1) is 5.41 Å². The molecule has 0 bridgehead atoms. The van der Waals surface area contributed by atoms with Gasteiger partial charge in [-0.1, -0.05) is 30.3 Å². The third-order valence-corrected chi connectivity index (χ3v) is 2.49. The first-order valence-corrected chi connectivity index (χ1v) is 4.75. The van der Waals surface area contributed by atoms with E-state index in [-0.39, 0.29) is 5.56 Å². The molecule has 0 aliphatic carbocycles. The second kappa shape index (κ2) is 4.67. The lowest BCUT2D eigenvalue weighted by Gasteiger charge is -2.37. The van der Waals surface area contributed by atoms with Crippen LogP contribution in [0.3, 0.4) is 0 Å². The number of rotatable bonds is 4. The van der Waals surface area contributed by atoms with Crippen LogP contribution in [0.15, 0.2) is 30.3 Å². The normalized spacial score (nSPS) is 12.2. The number of halogens is 3. The molecular weight excluding hydrogens is 253 g/mol. The molecule has 0 fully saturated rings. The number of aliphatic carboxylic acids is 2. The molecule has 0 radical (unpaired) electrons. The number of carboxylic acids is 2. The Morgan fingerprint density at radius 3 is 1.78 bits per heavy atom. The molecule has 7 heteroatoms. The van der Waals surface area contributed by atoms with Gasteiger partial charge in [0.1, 0.15) is 5.41 Å². The summed E-state index contributed by atoms with van der Waals surface area (Å²) in [5, 5.41) is 21.3. The molecule has 0 saturated heterocycles. The number of carbonyl (C=O) groups is 2. The minimum absolute atomic E-state index is 0.0942. The highest BCUT2D eigenvalue weighted by atomic mass is 19.4. The smallest absolute Gasteiger partial charge is 0.405 e. The maximum absolute atomic E-state index is 12.7. The summed E-state index contributed by atoms with van der Waals surface area (Å²) in [7, 11) is 0. The van der Waals surface area contributed by atoms with Crippen LogP contribution in [0.1, 0.15) is 5.56 Å². The Kier molecular flexibility index (Phi) is 3.64. The van der Waals surface area contributed by atoms with Gasteiger partial charge in [0.25, 0.3) is 0 Å². The van der Waals surface area contributed by atoms with Crippen molar-refractivity contribution in [3.8, 4) is 0 Å². The van der Waals surface area contributed by atoms with Crippen molar-refractivity contribution in [2.45, 2.75) is 12.6 Å². The minimum Gasteiger partial charge on any atom is -0.549 e. The first-order chi connectivity index (χ1) is 8.22. The van der Waals surface area contributed by atoms with Crippen molar-refractivity contribution in [1.29, 1.82) is 0 Å². The largest absolute Gasteiger partial charge is 0.549 e. The maximum Gasteiger partial charge on any atom is 0.405 e. The third-order valence-electron chi connectivity index (χ3n) is 2.49. The van der Waals surface area contributed by atoms with Crippen LogP contribution in [0.4, 0.5) is 13.2 Å². The summed E-state index contributed by atoms with van der Waals surface area (Å²) >= 11 is 0. The van der Waals surface area contributed by atoms with Gasteiger partial charge < -0.3 is 19.8 Å². The monoisotopic (exact) mass is 260 g/mol. The van der Waals surface area contributed by atoms with E-state index in [1.807, 2.05) is 0 Å². The van der Waals surface area contributed by atoms with Crippen LogP contribution in [0.2, 0.25) is 0 Å². The van der Waals surface area contributed by atoms with Crippen molar-refractivity contribution in [1.82, 2.24) is 0 Å². The highest BCUT2D eigenvalue weighted by Gasteiger charge is 2.57. The van der Waals surface area contributed by atoms with E-state index in [1.165, 1.54) is 30.3 Å². The molecule has 0 amide bonds. The number of carboxylic acid groups (broad SMARTS) is 2. The van der Waals surface area contributed by atoms with E-state index >= 15 is 0 Å².